The Labute approximate surface area is 84.8 Å². The van der Waals surface area contributed by atoms with Crippen molar-refractivity contribution in [1.29, 1.82) is 0 Å². The summed E-state index contributed by atoms with van der Waals surface area (Å²) >= 11 is 4.32. The van der Waals surface area contributed by atoms with E-state index < -0.39 is 0 Å². The first-order valence-corrected chi connectivity index (χ1v) is 5.21. The van der Waals surface area contributed by atoms with Crippen molar-refractivity contribution in [3.8, 4) is 0 Å². The average molecular weight is 200 g/mol. The number of ether oxygens (including phenoxy) is 1. The molecule has 0 aromatic carbocycles. The number of rotatable bonds is 2. The number of hydrogen-bond donors (Lipinski definition) is 1. The Morgan fingerprint density at radius 2 is 2.38 bits per heavy atom. The van der Waals surface area contributed by atoms with Gasteiger partial charge in [-0.15, -0.1) is 12.6 Å². The number of thiol groups is 1. The molecule has 1 saturated heterocycles. The van der Waals surface area contributed by atoms with Crippen molar-refractivity contribution in [3.05, 3.63) is 10.5 Å². The average Bonchev–Trinajstić information content (AvgIpc) is 2.04. The van der Waals surface area contributed by atoms with Gasteiger partial charge >= 0.3 is 5.97 Å². The number of carbonyl (C=O) groups excluding carboxylic acids is 1. The maximum absolute atomic E-state index is 11.4. The van der Waals surface area contributed by atoms with Crippen molar-refractivity contribution in [1.82, 2.24) is 0 Å². The minimum Gasteiger partial charge on any atom is -0.459 e. The molecule has 0 saturated carbocycles. The summed E-state index contributed by atoms with van der Waals surface area (Å²) < 4.78 is 5.12. The Balaban J connectivity index is 2.69. The van der Waals surface area contributed by atoms with Gasteiger partial charge in [0.2, 0.25) is 0 Å². The molecule has 1 unspecified atom stereocenters. The standard InChI is InChI=1S/C10H16O2S/c1-3-4-9(13)8-6-5-7(2)12-10(8)11/h7,13H,3-6H2,1-2H3/b9-8-. The molecule has 1 fully saturated rings. The highest BCUT2D eigenvalue weighted by molar-refractivity contribution is 7.84. The summed E-state index contributed by atoms with van der Waals surface area (Å²) in [4.78, 5) is 12.3. The van der Waals surface area contributed by atoms with Crippen molar-refractivity contribution >= 4 is 18.6 Å². The van der Waals surface area contributed by atoms with Gasteiger partial charge in [-0.2, -0.15) is 0 Å². The molecule has 0 N–H and O–H groups in total. The van der Waals surface area contributed by atoms with Crippen LogP contribution in [0.25, 0.3) is 0 Å². The van der Waals surface area contributed by atoms with Crippen molar-refractivity contribution in [2.45, 2.75) is 45.6 Å². The van der Waals surface area contributed by atoms with Gasteiger partial charge in [-0.1, -0.05) is 13.3 Å². The first kappa shape index (κ1) is 10.6. The Kier molecular flexibility index (Phi) is 3.85. The van der Waals surface area contributed by atoms with E-state index in [4.69, 9.17) is 4.74 Å². The zero-order valence-electron chi connectivity index (χ0n) is 8.17. The number of allylic oxidation sites excluding steroid dienone is 1. The zero-order chi connectivity index (χ0) is 9.84. The van der Waals surface area contributed by atoms with Crippen LogP contribution in [0.15, 0.2) is 10.5 Å². The Morgan fingerprint density at radius 1 is 1.69 bits per heavy atom. The lowest BCUT2D eigenvalue weighted by atomic mass is 10.0. The molecular formula is C10H16O2S. The smallest absolute Gasteiger partial charge is 0.335 e. The van der Waals surface area contributed by atoms with Gasteiger partial charge in [0.25, 0.3) is 0 Å². The van der Waals surface area contributed by atoms with Crippen LogP contribution in [0.5, 0.6) is 0 Å². The van der Waals surface area contributed by atoms with Crippen molar-refractivity contribution in [2.24, 2.45) is 0 Å². The molecule has 1 atom stereocenters. The van der Waals surface area contributed by atoms with E-state index in [1.807, 2.05) is 6.92 Å². The quantitative estimate of drug-likeness (QED) is 0.421. The summed E-state index contributed by atoms with van der Waals surface area (Å²) in [5.41, 5.74) is 0.781. The molecule has 1 aliphatic rings. The molecule has 1 aliphatic heterocycles. The fourth-order valence-corrected chi connectivity index (χ4v) is 1.84. The Hall–Kier alpha value is -0.440. The molecule has 0 aliphatic carbocycles. The number of esters is 1. The summed E-state index contributed by atoms with van der Waals surface area (Å²) in [6.45, 7) is 4.00. The van der Waals surface area contributed by atoms with E-state index in [0.29, 0.717) is 0 Å². The predicted molar refractivity (Wildman–Crippen MR) is 55.7 cm³/mol. The van der Waals surface area contributed by atoms with Crippen LogP contribution in [0.3, 0.4) is 0 Å². The monoisotopic (exact) mass is 200 g/mol. The minimum atomic E-state index is -0.169. The third-order valence-corrected chi connectivity index (χ3v) is 2.68. The van der Waals surface area contributed by atoms with Crippen LogP contribution in [-0.2, 0) is 9.53 Å². The number of carbonyl (C=O) groups is 1. The summed E-state index contributed by atoms with van der Waals surface area (Å²) in [7, 11) is 0. The van der Waals surface area contributed by atoms with E-state index in [2.05, 4.69) is 19.6 Å². The summed E-state index contributed by atoms with van der Waals surface area (Å²) in [6.07, 6.45) is 3.71. The topological polar surface area (TPSA) is 26.3 Å². The van der Waals surface area contributed by atoms with Crippen LogP contribution in [0.2, 0.25) is 0 Å². The second-order valence-corrected chi connectivity index (χ2v) is 3.97. The van der Waals surface area contributed by atoms with Gasteiger partial charge < -0.3 is 4.74 Å². The Bertz CT molecular complexity index is 233. The fraction of sp³-hybridized carbons (Fsp3) is 0.700. The van der Waals surface area contributed by atoms with Crippen LogP contribution < -0.4 is 0 Å². The lowest BCUT2D eigenvalue weighted by Crippen LogP contribution is -2.23. The second kappa shape index (κ2) is 4.70. The van der Waals surface area contributed by atoms with Crippen LogP contribution in [-0.4, -0.2) is 12.1 Å². The molecule has 0 aromatic heterocycles. The highest BCUT2D eigenvalue weighted by Crippen LogP contribution is 2.26. The van der Waals surface area contributed by atoms with Crippen molar-refractivity contribution in [2.75, 3.05) is 0 Å². The molecule has 74 valence electrons. The van der Waals surface area contributed by atoms with Gasteiger partial charge in [0.1, 0.15) is 0 Å². The zero-order valence-corrected chi connectivity index (χ0v) is 9.06. The molecule has 13 heavy (non-hydrogen) atoms. The van der Waals surface area contributed by atoms with Crippen LogP contribution in [0, 0.1) is 0 Å². The van der Waals surface area contributed by atoms with Gasteiger partial charge in [0.05, 0.1) is 6.10 Å². The van der Waals surface area contributed by atoms with Crippen molar-refractivity contribution < 1.29 is 9.53 Å². The third-order valence-electron chi connectivity index (χ3n) is 2.19. The van der Waals surface area contributed by atoms with Gasteiger partial charge in [0.15, 0.2) is 0 Å². The lowest BCUT2D eigenvalue weighted by molar-refractivity contribution is -0.146. The molecule has 3 heteroatoms. The lowest BCUT2D eigenvalue weighted by Gasteiger charge is -2.21. The van der Waals surface area contributed by atoms with E-state index in [1.54, 1.807) is 0 Å². The molecule has 0 aromatic rings. The van der Waals surface area contributed by atoms with Crippen LogP contribution in [0.1, 0.15) is 39.5 Å². The van der Waals surface area contributed by atoms with E-state index in [1.165, 1.54) is 0 Å². The maximum atomic E-state index is 11.4. The molecule has 0 amide bonds. The van der Waals surface area contributed by atoms with E-state index in [9.17, 15) is 4.79 Å². The van der Waals surface area contributed by atoms with Crippen molar-refractivity contribution in [3.63, 3.8) is 0 Å². The van der Waals surface area contributed by atoms with Gasteiger partial charge in [0, 0.05) is 5.57 Å². The van der Waals surface area contributed by atoms with Gasteiger partial charge in [-0.25, -0.2) is 4.79 Å². The van der Waals surface area contributed by atoms with E-state index in [0.717, 1.165) is 36.2 Å². The summed E-state index contributed by atoms with van der Waals surface area (Å²) in [6, 6.07) is 0. The number of cyclic esters (lactones) is 1. The SMILES string of the molecule is CCC/C(S)=C1\CCC(C)OC1=O. The summed E-state index contributed by atoms with van der Waals surface area (Å²) in [5.74, 6) is -0.169. The largest absolute Gasteiger partial charge is 0.459 e. The van der Waals surface area contributed by atoms with Crippen LogP contribution in [0.4, 0.5) is 0 Å². The molecule has 0 bridgehead atoms. The molecule has 0 radical (unpaired) electrons. The highest BCUT2D eigenvalue weighted by Gasteiger charge is 2.23. The molecule has 1 rings (SSSR count). The molecular weight excluding hydrogens is 184 g/mol. The number of hydrogen-bond acceptors (Lipinski definition) is 3. The first-order valence-electron chi connectivity index (χ1n) is 4.77. The molecule has 0 spiro atoms. The minimum absolute atomic E-state index is 0.0685. The molecule has 1 heterocycles. The maximum Gasteiger partial charge on any atom is 0.335 e. The van der Waals surface area contributed by atoms with E-state index >= 15 is 0 Å². The molecule has 2 nitrogen and oxygen atoms in total. The van der Waals surface area contributed by atoms with Gasteiger partial charge in [-0.05, 0) is 31.1 Å². The highest BCUT2D eigenvalue weighted by atomic mass is 32.1. The van der Waals surface area contributed by atoms with Gasteiger partial charge in [-0.3, -0.25) is 0 Å². The third kappa shape index (κ3) is 2.76. The fourth-order valence-electron chi connectivity index (χ4n) is 1.41. The van der Waals surface area contributed by atoms with E-state index in [-0.39, 0.29) is 12.1 Å². The Morgan fingerprint density at radius 3 is 2.92 bits per heavy atom. The predicted octanol–water partition coefficient (Wildman–Crippen LogP) is 2.70. The normalized spacial score (nSPS) is 27.0. The van der Waals surface area contributed by atoms with Crippen LogP contribution >= 0.6 is 12.6 Å². The summed E-state index contributed by atoms with van der Waals surface area (Å²) in [5, 5.41) is 0. The first-order chi connectivity index (χ1) is 6.15. The second-order valence-electron chi connectivity index (χ2n) is 3.43.